The first-order valence-corrected chi connectivity index (χ1v) is 10.1. The van der Waals surface area contributed by atoms with Crippen molar-refractivity contribution in [2.24, 2.45) is 5.73 Å². The van der Waals surface area contributed by atoms with Crippen LogP contribution in [0, 0.1) is 5.82 Å². The quantitative estimate of drug-likeness (QED) is 0.715. The molecular formula is C21H30FN3S. The van der Waals surface area contributed by atoms with Gasteiger partial charge in [0.25, 0.3) is 0 Å². The maximum Gasteiger partial charge on any atom is 0.126 e. The Morgan fingerprint density at radius 2 is 1.73 bits per heavy atom. The second-order valence-electron chi connectivity index (χ2n) is 6.51. The van der Waals surface area contributed by atoms with E-state index in [0.717, 1.165) is 18.5 Å². The Morgan fingerprint density at radius 3 is 2.38 bits per heavy atom. The Bertz CT molecular complexity index is 618. The summed E-state index contributed by atoms with van der Waals surface area (Å²) in [5.41, 5.74) is 6.80. The number of likely N-dealkylation sites (tertiary alicyclic amines) is 1. The van der Waals surface area contributed by atoms with E-state index in [1.165, 1.54) is 36.9 Å². The van der Waals surface area contributed by atoms with E-state index in [0.29, 0.717) is 6.42 Å². The van der Waals surface area contributed by atoms with Gasteiger partial charge >= 0.3 is 0 Å². The molecule has 1 aliphatic heterocycles. The minimum Gasteiger partial charge on any atom is -0.327 e. The zero-order valence-electron chi connectivity index (χ0n) is 15.5. The number of benzene rings is 2. The van der Waals surface area contributed by atoms with Gasteiger partial charge in [0, 0.05) is 10.9 Å². The molecule has 3 N–H and O–H groups in total. The standard InChI is InChI=1S/C14H21FN2.C7H9NS/c15-14-6-2-1-5-12(14)11-13(16)7-10-17-8-3-4-9-17;1-8-9-7-5-3-2-4-6-7/h1-2,5-6,13H,3-4,7-11,16H2;2-6,8H,1H3. The summed E-state index contributed by atoms with van der Waals surface area (Å²) >= 11 is 1.63. The third-order valence-electron chi connectivity index (χ3n) is 4.42. The summed E-state index contributed by atoms with van der Waals surface area (Å²) in [6, 6.07) is 17.2. The minimum atomic E-state index is -0.135. The van der Waals surface area contributed by atoms with E-state index in [9.17, 15) is 4.39 Å². The smallest absolute Gasteiger partial charge is 0.126 e. The number of nitrogens with two attached hydrogens (primary N) is 1. The lowest BCUT2D eigenvalue weighted by Crippen LogP contribution is -2.30. The molecule has 1 fully saturated rings. The monoisotopic (exact) mass is 375 g/mol. The van der Waals surface area contributed by atoms with Gasteiger partial charge in [-0.15, -0.1) is 0 Å². The van der Waals surface area contributed by atoms with Crippen LogP contribution in [-0.4, -0.2) is 37.6 Å². The van der Waals surface area contributed by atoms with Crippen LogP contribution in [0.25, 0.3) is 0 Å². The van der Waals surface area contributed by atoms with Crippen LogP contribution >= 0.6 is 11.9 Å². The van der Waals surface area contributed by atoms with Crippen molar-refractivity contribution in [1.29, 1.82) is 0 Å². The van der Waals surface area contributed by atoms with Gasteiger partial charge in [0.15, 0.2) is 0 Å². The molecule has 26 heavy (non-hydrogen) atoms. The molecule has 1 unspecified atom stereocenters. The molecule has 0 amide bonds. The van der Waals surface area contributed by atoms with Crippen molar-refractivity contribution in [2.75, 3.05) is 26.7 Å². The first kappa shape index (κ1) is 20.9. The highest BCUT2D eigenvalue weighted by Crippen LogP contribution is 2.12. The fourth-order valence-electron chi connectivity index (χ4n) is 3.01. The SMILES string of the molecule is CNSc1ccccc1.NC(CCN1CCCC1)Cc1ccccc1F. The normalized spacial score (nSPS) is 15.3. The zero-order valence-corrected chi connectivity index (χ0v) is 16.4. The first-order chi connectivity index (χ1) is 12.7. The van der Waals surface area contributed by atoms with Crippen molar-refractivity contribution in [3.8, 4) is 0 Å². The largest absolute Gasteiger partial charge is 0.327 e. The van der Waals surface area contributed by atoms with E-state index < -0.39 is 0 Å². The summed E-state index contributed by atoms with van der Waals surface area (Å²) in [5.74, 6) is -0.135. The molecule has 3 rings (SSSR count). The molecule has 2 aromatic carbocycles. The Hall–Kier alpha value is -1.40. The van der Waals surface area contributed by atoms with E-state index in [4.69, 9.17) is 5.73 Å². The number of nitrogens with zero attached hydrogens (tertiary/aromatic N) is 1. The van der Waals surface area contributed by atoms with Gasteiger partial charge < -0.3 is 10.6 Å². The van der Waals surface area contributed by atoms with Gasteiger partial charge in [0.05, 0.1) is 0 Å². The first-order valence-electron chi connectivity index (χ1n) is 9.29. The van der Waals surface area contributed by atoms with Gasteiger partial charge in [-0.1, -0.05) is 36.4 Å². The van der Waals surface area contributed by atoms with Crippen LogP contribution in [0.5, 0.6) is 0 Å². The molecule has 5 heteroatoms. The van der Waals surface area contributed by atoms with E-state index in [1.54, 1.807) is 18.0 Å². The van der Waals surface area contributed by atoms with Gasteiger partial charge in [-0.2, -0.15) is 0 Å². The Labute approximate surface area is 161 Å². The highest BCUT2D eigenvalue weighted by Gasteiger charge is 2.13. The molecule has 0 aromatic heterocycles. The lowest BCUT2D eigenvalue weighted by atomic mass is 10.0. The molecule has 142 valence electrons. The van der Waals surface area contributed by atoms with Crippen LogP contribution < -0.4 is 10.5 Å². The Kier molecular flexibility index (Phi) is 9.71. The van der Waals surface area contributed by atoms with Crippen molar-refractivity contribution >= 4 is 11.9 Å². The number of halogens is 1. The predicted octanol–water partition coefficient (Wildman–Crippen LogP) is 4.09. The number of hydrogen-bond acceptors (Lipinski definition) is 4. The summed E-state index contributed by atoms with van der Waals surface area (Å²) in [4.78, 5) is 3.70. The second-order valence-corrected chi connectivity index (χ2v) is 7.60. The third kappa shape index (κ3) is 7.87. The van der Waals surface area contributed by atoms with Gasteiger partial charge in [0.2, 0.25) is 0 Å². The van der Waals surface area contributed by atoms with Crippen LogP contribution in [0.3, 0.4) is 0 Å². The van der Waals surface area contributed by atoms with Crippen LogP contribution in [0.4, 0.5) is 4.39 Å². The molecule has 0 radical (unpaired) electrons. The Balaban J connectivity index is 0.000000228. The summed E-state index contributed by atoms with van der Waals surface area (Å²) in [7, 11) is 1.91. The maximum atomic E-state index is 13.4. The van der Waals surface area contributed by atoms with Crippen LogP contribution in [-0.2, 0) is 6.42 Å². The Morgan fingerprint density at radius 1 is 1.08 bits per heavy atom. The van der Waals surface area contributed by atoms with Crippen LogP contribution in [0.15, 0.2) is 59.5 Å². The fraction of sp³-hybridized carbons (Fsp3) is 0.429. The molecule has 2 aromatic rings. The third-order valence-corrected chi connectivity index (χ3v) is 5.13. The predicted molar refractivity (Wildman–Crippen MR) is 110 cm³/mol. The van der Waals surface area contributed by atoms with Crippen molar-refractivity contribution in [3.63, 3.8) is 0 Å². The molecule has 1 heterocycles. The molecule has 1 atom stereocenters. The highest BCUT2D eigenvalue weighted by molar-refractivity contribution is 7.97. The van der Waals surface area contributed by atoms with Gasteiger partial charge in [-0.3, -0.25) is 4.72 Å². The van der Waals surface area contributed by atoms with Gasteiger partial charge in [0.1, 0.15) is 5.82 Å². The highest BCUT2D eigenvalue weighted by atomic mass is 32.2. The molecule has 0 spiro atoms. The van der Waals surface area contributed by atoms with Gasteiger partial charge in [-0.05, 0) is 88.1 Å². The van der Waals surface area contributed by atoms with E-state index >= 15 is 0 Å². The fourth-order valence-corrected chi connectivity index (χ4v) is 3.54. The van der Waals surface area contributed by atoms with E-state index in [-0.39, 0.29) is 11.9 Å². The molecule has 0 saturated carbocycles. The molecule has 0 aliphatic carbocycles. The average Bonchev–Trinajstić information content (AvgIpc) is 3.17. The molecular weight excluding hydrogens is 345 g/mol. The summed E-state index contributed by atoms with van der Waals surface area (Å²) < 4.78 is 16.4. The summed E-state index contributed by atoms with van der Waals surface area (Å²) in [6.07, 6.45) is 4.21. The summed E-state index contributed by atoms with van der Waals surface area (Å²) in [6.45, 7) is 3.45. The van der Waals surface area contributed by atoms with Crippen LogP contribution in [0.1, 0.15) is 24.8 Å². The average molecular weight is 376 g/mol. The second kappa shape index (κ2) is 12.1. The molecule has 1 saturated heterocycles. The summed E-state index contributed by atoms with van der Waals surface area (Å²) in [5, 5.41) is 0. The van der Waals surface area contributed by atoms with Crippen molar-refractivity contribution in [1.82, 2.24) is 9.62 Å². The topological polar surface area (TPSA) is 41.3 Å². The molecule has 0 bridgehead atoms. The molecule has 1 aliphatic rings. The minimum absolute atomic E-state index is 0.0625. The van der Waals surface area contributed by atoms with Crippen molar-refractivity contribution < 1.29 is 4.39 Å². The molecule has 3 nitrogen and oxygen atoms in total. The lowest BCUT2D eigenvalue weighted by molar-refractivity contribution is 0.320. The van der Waals surface area contributed by atoms with E-state index in [2.05, 4.69) is 21.8 Å². The van der Waals surface area contributed by atoms with E-state index in [1.807, 2.05) is 37.4 Å². The van der Waals surface area contributed by atoms with Gasteiger partial charge in [-0.25, -0.2) is 4.39 Å². The van der Waals surface area contributed by atoms with Crippen LogP contribution in [0.2, 0.25) is 0 Å². The number of rotatable bonds is 7. The zero-order chi connectivity index (χ0) is 18.6. The maximum absolute atomic E-state index is 13.4. The number of nitrogens with one attached hydrogen (secondary N) is 1. The number of hydrogen-bond donors (Lipinski definition) is 2. The van der Waals surface area contributed by atoms with Crippen molar-refractivity contribution in [2.45, 2.75) is 36.6 Å². The van der Waals surface area contributed by atoms with Crippen molar-refractivity contribution in [3.05, 3.63) is 66.0 Å². The lowest BCUT2D eigenvalue weighted by Gasteiger charge is -2.18.